The van der Waals surface area contributed by atoms with Crippen molar-refractivity contribution in [3.05, 3.63) is 59.4 Å². The summed E-state index contributed by atoms with van der Waals surface area (Å²) in [6, 6.07) is 11.6. The van der Waals surface area contributed by atoms with Crippen LogP contribution in [0.4, 0.5) is 4.39 Å². The zero-order valence-corrected chi connectivity index (χ0v) is 11.8. The smallest absolute Gasteiger partial charge is 0.129 e. The summed E-state index contributed by atoms with van der Waals surface area (Å²) in [5.41, 5.74) is 1.95. The number of hydrogen-bond donors (Lipinski definition) is 1. The van der Waals surface area contributed by atoms with Crippen molar-refractivity contribution >= 4 is 0 Å². The van der Waals surface area contributed by atoms with Gasteiger partial charge >= 0.3 is 0 Å². The number of benzene rings is 2. The molecule has 0 bridgehead atoms. The lowest BCUT2D eigenvalue weighted by Gasteiger charge is -2.30. The van der Waals surface area contributed by atoms with E-state index in [1.807, 2.05) is 18.2 Å². The zero-order valence-electron chi connectivity index (χ0n) is 11.8. The van der Waals surface area contributed by atoms with Gasteiger partial charge in [-0.25, -0.2) is 4.39 Å². The van der Waals surface area contributed by atoms with Gasteiger partial charge in [0.05, 0.1) is 7.11 Å². The van der Waals surface area contributed by atoms with Gasteiger partial charge in [-0.2, -0.15) is 0 Å². The van der Waals surface area contributed by atoms with E-state index < -0.39 is 6.10 Å². The average Bonchev–Trinajstić information content (AvgIpc) is 2.52. The van der Waals surface area contributed by atoms with Gasteiger partial charge in [0.1, 0.15) is 29.5 Å². The first-order valence-corrected chi connectivity index (χ1v) is 6.94. The van der Waals surface area contributed by atoms with Crippen LogP contribution in [0.3, 0.4) is 0 Å². The molecule has 0 amide bonds. The zero-order chi connectivity index (χ0) is 14.8. The van der Waals surface area contributed by atoms with Crippen LogP contribution in [-0.4, -0.2) is 18.3 Å². The van der Waals surface area contributed by atoms with Gasteiger partial charge in [0.2, 0.25) is 0 Å². The van der Waals surface area contributed by atoms with Gasteiger partial charge in [-0.15, -0.1) is 0 Å². The van der Waals surface area contributed by atoms with E-state index in [0.717, 1.165) is 29.7 Å². The lowest BCUT2D eigenvalue weighted by Crippen LogP contribution is -2.30. The summed E-state index contributed by atoms with van der Waals surface area (Å²) >= 11 is 0. The number of aryl methyl sites for hydroxylation is 1. The third-order valence-corrected chi connectivity index (χ3v) is 3.82. The number of aliphatic hydroxyl groups is 1. The third kappa shape index (κ3) is 2.85. The maximum absolute atomic E-state index is 12.9. The third-order valence-electron chi connectivity index (χ3n) is 3.82. The molecule has 0 fully saturated rings. The molecule has 0 spiro atoms. The van der Waals surface area contributed by atoms with Gasteiger partial charge in [0.25, 0.3) is 0 Å². The van der Waals surface area contributed by atoms with Crippen LogP contribution in [0, 0.1) is 5.82 Å². The van der Waals surface area contributed by atoms with E-state index >= 15 is 0 Å². The SMILES string of the molecule is COc1ccc2c(c1)C(O)C(Oc1ccc(F)cc1)CC2. The Labute approximate surface area is 122 Å². The molecular weight excluding hydrogens is 271 g/mol. The number of aliphatic hydroxyl groups excluding tert-OH is 1. The normalized spacial score (nSPS) is 20.7. The maximum atomic E-state index is 12.9. The molecule has 21 heavy (non-hydrogen) atoms. The van der Waals surface area contributed by atoms with Crippen molar-refractivity contribution in [2.24, 2.45) is 0 Å². The van der Waals surface area contributed by atoms with Crippen molar-refractivity contribution in [1.82, 2.24) is 0 Å². The minimum absolute atomic E-state index is 0.304. The van der Waals surface area contributed by atoms with Crippen molar-refractivity contribution < 1.29 is 19.0 Å². The molecule has 1 N–H and O–H groups in total. The van der Waals surface area contributed by atoms with Crippen molar-refractivity contribution in [1.29, 1.82) is 0 Å². The van der Waals surface area contributed by atoms with Gasteiger partial charge in [-0.1, -0.05) is 6.07 Å². The average molecular weight is 288 g/mol. The van der Waals surface area contributed by atoms with E-state index in [-0.39, 0.29) is 11.9 Å². The summed E-state index contributed by atoms with van der Waals surface area (Å²) in [5.74, 6) is 0.976. The number of methoxy groups -OCH3 is 1. The van der Waals surface area contributed by atoms with Crippen LogP contribution in [0.2, 0.25) is 0 Å². The van der Waals surface area contributed by atoms with Crippen LogP contribution in [-0.2, 0) is 6.42 Å². The van der Waals surface area contributed by atoms with Crippen LogP contribution in [0.1, 0.15) is 23.7 Å². The molecule has 0 saturated carbocycles. The molecular formula is C17H17FO3. The number of hydrogen-bond acceptors (Lipinski definition) is 3. The molecule has 4 heteroatoms. The summed E-state index contributed by atoms with van der Waals surface area (Å²) in [4.78, 5) is 0. The van der Waals surface area contributed by atoms with Crippen LogP contribution in [0.25, 0.3) is 0 Å². The summed E-state index contributed by atoms with van der Waals surface area (Å²) in [6.45, 7) is 0. The van der Waals surface area contributed by atoms with Crippen molar-refractivity contribution in [3.63, 3.8) is 0 Å². The van der Waals surface area contributed by atoms with Gasteiger partial charge < -0.3 is 14.6 Å². The molecule has 0 aromatic heterocycles. The number of ether oxygens (including phenoxy) is 2. The second kappa shape index (κ2) is 5.74. The van der Waals surface area contributed by atoms with Crippen LogP contribution in [0.15, 0.2) is 42.5 Å². The highest BCUT2D eigenvalue weighted by Gasteiger charge is 2.29. The summed E-state index contributed by atoms with van der Waals surface area (Å²) in [6.07, 6.45) is 0.504. The van der Waals surface area contributed by atoms with E-state index in [9.17, 15) is 9.50 Å². The quantitative estimate of drug-likeness (QED) is 0.942. The van der Waals surface area contributed by atoms with Gasteiger partial charge in [0, 0.05) is 0 Å². The molecule has 0 radical (unpaired) electrons. The fourth-order valence-electron chi connectivity index (χ4n) is 2.67. The molecule has 2 aromatic carbocycles. The minimum atomic E-state index is -0.714. The fourth-order valence-corrected chi connectivity index (χ4v) is 2.67. The van der Waals surface area contributed by atoms with Crippen LogP contribution in [0.5, 0.6) is 11.5 Å². The van der Waals surface area contributed by atoms with Crippen LogP contribution < -0.4 is 9.47 Å². The van der Waals surface area contributed by atoms with E-state index in [1.165, 1.54) is 12.1 Å². The Balaban J connectivity index is 1.81. The largest absolute Gasteiger partial charge is 0.497 e. The molecule has 1 aliphatic rings. The highest BCUT2D eigenvalue weighted by Crippen LogP contribution is 2.34. The Morgan fingerprint density at radius 3 is 2.52 bits per heavy atom. The lowest BCUT2D eigenvalue weighted by molar-refractivity contribution is 0.0229. The van der Waals surface area contributed by atoms with Gasteiger partial charge in [-0.05, 0) is 60.4 Å². The molecule has 3 nitrogen and oxygen atoms in total. The molecule has 0 heterocycles. The lowest BCUT2D eigenvalue weighted by atomic mass is 9.87. The van der Waals surface area contributed by atoms with Crippen molar-refractivity contribution in [3.8, 4) is 11.5 Å². The topological polar surface area (TPSA) is 38.7 Å². The first kappa shape index (κ1) is 13.9. The first-order valence-electron chi connectivity index (χ1n) is 6.94. The van der Waals surface area contributed by atoms with E-state index in [0.29, 0.717) is 5.75 Å². The molecule has 3 rings (SSSR count). The molecule has 1 aliphatic carbocycles. The summed E-state index contributed by atoms with van der Waals surface area (Å²) < 4.78 is 23.9. The minimum Gasteiger partial charge on any atom is -0.497 e. The Morgan fingerprint density at radius 1 is 1.10 bits per heavy atom. The second-order valence-corrected chi connectivity index (χ2v) is 5.16. The number of rotatable bonds is 3. The molecule has 2 atom stereocenters. The second-order valence-electron chi connectivity index (χ2n) is 5.16. The number of fused-ring (bicyclic) bond motifs is 1. The molecule has 0 saturated heterocycles. The van der Waals surface area contributed by atoms with Gasteiger partial charge in [-0.3, -0.25) is 0 Å². The Kier molecular flexibility index (Phi) is 3.80. The van der Waals surface area contributed by atoms with Crippen LogP contribution >= 0.6 is 0 Å². The van der Waals surface area contributed by atoms with Gasteiger partial charge in [0.15, 0.2) is 0 Å². The highest BCUT2D eigenvalue weighted by atomic mass is 19.1. The predicted molar refractivity (Wildman–Crippen MR) is 77.1 cm³/mol. The molecule has 2 unspecified atom stereocenters. The Morgan fingerprint density at radius 2 is 1.81 bits per heavy atom. The molecule has 110 valence electrons. The molecule has 0 aliphatic heterocycles. The summed E-state index contributed by atoms with van der Waals surface area (Å²) in [5, 5.41) is 10.5. The molecule has 2 aromatic rings. The Hall–Kier alpha value is -2.07. The van der Waals surface area contributed by atoms with E-state index in [2.05, 4.69) is 0 Å². The van der Waals surface area contributed by atoms with E-state index in [4.69, 9.17) is 9.47 Å². The first-order chi connectivity index (χ1) is 10.2. The fraction of sp³-hybridized carbons (Fsp3) is 0.294. The Bertz CT molecular complexity index is 624. The van der Waals surface area contributed by atoms with E-state index in [1.54, 1.807) is 19.2 Å². The van der Waals surface area contributed by atoms with Crippen molar-refractivity contribution in [2.45, 2.75) is 25.0 Å². The number of halogens is 1. The monoisotopic (exact) mass is 288 g/mol. The summed E-state index contributed by atoms with van der Waals surface area (Å²) in [7, 11) is 1.60. The predicted octanol–water partition coefficient (Wildman–Crippen LogP) is 3.26. The van der Waals surface area contributed by atoms with Crippen molar-refractivity contribution in [2.75, 3.05) is 7.11 Å². The highest BCUT2D eigenvalue weighted by molar-refractivity contribution is 5.39. The maximum Gasteiger partial charge on any atom is 0.129 e. The standard InChI is InChI=1S/C17H17FO3/c1-20-14-6-2-11-3-9-16(17(19)15(11)10-14)21-13-7-4-12(18)5-8-13/h2,4-8,10,16-17,19H,3,9H2,1H3.